The molecule has 21 heavy (non-hydrogen) atoms. The Balaban J connectivity index is 2.35. The minimum absolute atomic E-state index is 0.0458. The Bertz CT molecular complexity index is 494. The van der Waals surface area contributed by atoms with Gasteiger partial charge in [-0.2, -0.15) is 0 Å². The Morgan fingerprint density at radius 2 is 2.10 bits per heavy atom. The zero-order valence-electron chi connectivity index (χ0n) is 11.9. The Hall–Kier alpha value is -1.66. The van der Waals surface area contributed by atoms with Crippen LogP contribution in [0.4, 0.5) is 5.69 Å². The van der Waals surface area contributed by atoms with Crippen LogP contribution < -0.4 is 5.32 Å². The Morgan fingerprint density at radius 3 is 2.71 bits per heavy atom. The Labute approximate surface area is 128 Å². The first-order chi connectivity index (χ1) is 10.1. The van der Waals surface area contributed by atoms with Gasteiger partial charge in [-0.25, -0.2) is 0 Å². The van der Waals surface area contributed by atoms with Crippen molar-refractivity contribution in [1.82, 2.24) is 5.32 Å². The molecule has 0 saturated carbocycles. The highest BCUT2D eigenvalue weighted by atomic mass is 35.5. The van der Waals surface area contributed by atoms with E-state index in [4.69, 9.17) is 16.3 Å². The number of nitro groups is 1. The number of ether oxygens (including phenoxy) is 1. The summed E-state index contributed by atoms with van der Waals surface area (Å²) in [6.07, 6.45) is 2.85. The smallest absolute Gasteiger partial charge is 0.287 e. The molecule has 0 unspecified atom stereocenters. The Morgan fingerprint density at radius 1 is 1.38 bits per heavy atom. The van der Waals surface area contributed by atoms with Crippen molar-refractivity contribution in [1.29, 1.82) is 0 Å². The van der Waals surface area contributed by atoms with Gasteiger partial charge in [-0.05, 0) is 25.0 Å². The number of nitro benzene ring substituents is 1. The lowest BCUT2D eigenvalue weighted by Crippen LogP contribution is -2.25. The van der Waals surface area contributed by atoms with Gasteiger partial charge in [0.2, 0.25) is 0 Å². The van der Waals surface area contributed by atoms with Gasteiger partial charge < -0.3 is 10.1 Å². The lowest BCUT2D eigenvalue weighted by atomic mass is 10.2. The van der Waals surface area contributed by atoms with E-state index in [0.29, 0.717) is 18.7 Å². The summed E-state index contributed by atoms with van der Waals surface area (Å²) in [5, 5.41) is 13.3. The molecule has 7 heteroatoms. The van der Waals surface area contributed by atoms with Gasteiger partial charge in [-0.3, -0.25) is 14.9 Å². The number of halogens is 1. The second-order valence-corrected chi connectivity index (χ2v) is 4.91. The molecule has 1 N–H and O–H groups in total. The van der Waals surface area contributed by atoms with Gasteiger partial charge in [0.25, 0.3) is 11.6 Å². The van der Waals surface area contributed by atoms with Crippen molar-refractivity contribution in [3.8, 4) is 0 Å². The molecule has 0 bridgehead atoms. The van der Waals surface area contributed by atoms with Crippen molar-refractivity contribution in [2.24, 2.45) is 0 Å². The number of nitrogens with one attached hydrogen (secondary N) is 1. The maximum atomic E-state index is 11.8. The van der Waals surface area contributed by atoms with Gasteiger partial charge in [0.15, 0.2) is 0 Å². The van der Waals surface area contributed by atoms with Gasteiger partial charge in [-0.15, -0.1) is 0 Å². The number of hydrogen-bond acceptors (Lipinski definition) is 4. The molecule has 0 saturated heterocycles. The molecular weight excluding hydrogens is 296 g/mol. The summed E-state index contributed by atoms with van der Waals surface area (Å²) >= 11 is 5.76. The van der Waals surface area contributed by atoms with Crippen LogP contribution in [0.25, 0.3) is 0 Å². The molecule has 0 fully saturated rings. The van der Waals surface area contributed by atoms with Gasteiger partial charge in [0.1, 0.15) is 5.02 Å². The normalized spacial score (nSPS) is 10.4. The largest absolute Gasteiger partial charge is 0.381 e. The van der Waals surface area contributed by atoms with Crippen molar-refractivity contribution in [2.45, 2.75) is 26.2 Å². The van der Waals surface area contributed by atoms with E-state index in [1.807, 2.05) is 0 Å². The molecule has 6 nitrogen and oxygen atoms in total. The molecule has 0 heterocycles. The number of carbonyl (C=O) groups excluding carboxylic acids is 1. The summed E-state index contributed by atoms with van der Waals surface area (Å²) < 4.78 is 5.38. The van der Waals surface area contributed by atoms with E-state index in [0.717, 1.165) is 25.9 Å². The van der Waals surface area contributed by atoms with Gasteiger partial charge in [-0.1, -0.05) is 24.9 Å². The second-order valence-electron chi connectivity index (χ2n) is 4.50. The van der Waals surface area contributed by atoms with E-state index in [2.05, 4.69) is 12.2 Å². The highest BCUT2D eigenvalue weighted by Crippen LogP contribution is 2.24. The summed E-state index contributed by atoms with van der Waals surface area (Å²) in [7, 11) is 0. The van der Waals surface area contributed by atoms with E-state index in [1.54, 1.807) is 0 Å². The topological polar surface area (TPSA) is 81.5 Å². The number of hydrogen-bond donors (Lipinski definition) is 1. The van der Waals surface area contributed by atoms with Crippen LogP contribution in [0.15, 0.2) is 18.2 Å². The molecule has 0 atom stereocenters. The first-order valence-corrected chi connectivity index (χ1v) is 7.24. The molecule has 0 aromatic heterocycles. The average Bonchev–Trinajstić information content (AvgIpc) is 2.45. The lowest BCUT2D eigenvalue weighted by molar-refractivity contribution is -0.384. The number of amides is 1. The number of benzene rings is 1. The SMILES string of the molecule is CCCCOCCCNC(=O)c1ccc([N+](=O)[O-])c(Cl)c1. The predicted octanol–water partition coefficient (Wildman–Crippen LogP) is 3.18. The molecular formula is C14H19ClN2O4. The van der Waals surface area contributed by atoms with Crippen molar-refractivity contribution in [3.63, 3.8) is 0 Å². The van der Waals surface area contributed by atoms with Gasteiger partial charge in [0.05, 0.1) is 4.92 Å². The van der Waals surface area contributed by atoms with Crippen LogP contribution >= 0.6 is 11.6 Å². The molecule has 116 valence electrons. The molecule has 0 aliphatic rings. The first-order valence-electron chi connectivity index (χ1n) is 6.86. The van der Waals surface area contributed by atoms with Crippen molar-refractivity contribution in [2.75, 3.05) is 19.8 Å². The zero-order valence-corrected chi connectivity index (χ0v) is 12.7. The maximum absolute atomic E-state index is 11.8. The van der Waals surface area contributed by atoms with Crippen LogP contribution in [0, 0.1) is 10.1 Å². The Kier molecular flexibility index (Phi) is 7.71. The van der Waals surface area contributed by atoms with E-state index >= 15 is 0 Å². The van der Waals surface area contributed by atoms with Crippen LogP contribution in [0.3, 0.4) is 0 Å². The van der Waals surface area contributed by atoms with E-state index in [9.17, 15) is 14.9 Å². The molecule has 0 aliphatic heterocycles. The monoisotopic (exact) mass is 314 g/mol. The summed E-state index contributed by atoms with van der Waals surface area (Å²) in [5.74, 6) is -0.305. The minimum atomic E-state index is -0.586. The number of unbranched alkanes of at least 4 members (excludes halogenated alkanes) is 1. The third-order valence-electron chi connectivity index (χ3n) is 2.80. The second kappa shape index (κ2) is 9.31. The average molecular weight is 315 g/mol. The fourth-order valence-electron chi connectivity index (χ4n) is 1.62. The molecule has 1 aromatic carbocycles. The van der Waals surface area contributed by atoms with Crippen LogP contribution in [-0.4, -0.2) is 30.6 Å². The third kappa shape index (κ3) is 6.10. The summed E-state index contributed by atoms with van der Waals surface area (Å²) in [4.78, 5) is 21.9. The lowest BCUT2D eigenvalue weighted by Gasteiger charge is -2.06. The van der Waals surface area contributed by atoms with E-state index < -0.39 is 4.92 Å². The van der Waals surface area contributed by atoms with Crippen LogP contribution in [0.5, 0.6) is 0 Å². The number of carbonyl (C=O) groups is 1. The fourth-order valence-corrected chi connectivity index (χ4v) is 1.87. The predicted molar refractivity (Wildman–Crippen MR) is 80.8 cm³/mol. The number of rotatable bonds is 9. The van der Waals surface area contributed by atoms with E-state index in [-0.39, 0.29) is 16.6 Å². The van der Waals surface area contributed by atoms with Crippen LogP contribution in [0.2, 0.25) is 5.02 Å². The summed E-state index contributed by atoms with van der Waals surface area (Å²) in [5.41, 5.74) is 0.0926. The highest BCUT2D eigenvalue weighted by Gasteiger charge is 2.14. The van der Waals surface area contributed by atoms with Crippen LogP contribution in [-0.2, 0) is 4.74 Å². The first kappa shape index (κ1) is 17.4. The molecule has 0 aliphatic carbocycles. The number of nitrogens with zero attached hydrogens (tertiary/aromatic N) is 1. The zero-order chi connectivity index (χ0) is 15.7. The molecule has 0 spiro atoms. The minimum Gasteiger partial charge on any atom is -0.381 e. The van der Waals surface area contributed by atoms with E-state index in [1.165, 1.54) is 18.2 Å². The highest BCUT2D eigenvalue weighted by molar-refractivity contribution is 6.33. The van der Waals surface area contributed by atoms with Gasteiger partial charge >= 0.3 is 0 Å². The van der Waals surface area contributed by atoms with Crippen molar-refractivity contribution in [3.05, 3.63) is 38.9 Å². The molecule has 0 radical (unpaired) electrons. The van der Waals surface area contributed by atoms with Crippen molar-refractivity contribution >= 4 is 23.2 Å². The standard InChI is InChI=1S/C14H19ClN2O4/c1-2-3-8-21-9-4-7-16-14(18)11-5-6-13(17(19)20)12(15)10-11/h5-6,10H,2-4,7-9H2,1H3,(H,16,18). The van der Waals surface area contributed by atoms with Crippen molar-refractivity contribution < 1.29 is 14.5 Å². The summed E-state index contributed by atoms with van der Waals surface area (Å²) in [6, 6.07) is 3.91. The molecule has 1 amide bonds. The summed E-state index contributed by atoms with van der Waals surface area (Å²) in [6.45, 7) is 3.92. The third-order valence-corrected chi connectivity index (χ3v) is 3.10. The van der Waals surface area contributed by atoms with Crippen LogP contribution in [0.1, 0.15) is 36.5 Å². The molecule has 1 rings (SSSR count). The fraction of sp³-hybridized carbons (Fsp3) is 0.500. The van der Waals surface area contributed by atoms with Gasteiger partial charge in [0, 0.05) is 31.4 Å². The molecule has 1 aromatic rings. The quantitative estimate of drug-likeness (QED) is 0.431. The maximum Gasteiger partial charge on any atom is 0.287 e.